The van der Waals surface area contributed by atoms with Gasteiger partial charge in [0.05, 0.1) is 31.1 Å². The fourth-order valence-corrected chi connectivity index (χ4v) is 5.06. The Morgan fingerprint density at radius 1 is 0.769 bits per heavy atom. The molecule has 8 heteroatoms. The molecule has 196 valence electrons. The van der Waals surface area contributed by atoms with Crippen molar-refractivity contribution in [2.45, 2.75) is 12.8 Å². The van der Waals surface area contributed by atoms with Crippen LogP contribution in [0.15, 0.2) is 79.0 Å². The smallest absolute Gasteiger partial charge is 0.226 e. The van der Waals surface area contributed by atoms with Gasteiger partial charge in [0.1, 0.15) is 0 Å². The first-order valence-corrected chi connectivity index (χ1v) is 13.3. The molecular formula is C31H28ClN5O2. The number of methoxy groups -OCH3 is 2. The Morgan fingerprint density at radius 3 is 2.23 bits per heavy atom. The summed E-state index contributed by atoms with van der Waals surface area (Å²) in [5.41, 5.74) is 6.45. The highest BCUT2D eigenvalue weighted by molar-refractivity contribution is 6.31. The van der Waals surface area contributed by atoms with Crippen LogP contribution in [0, 0.1) is 0 Å². The van der Waals surface area contributed by atoms with E-state index in [1.54, 1.807) is 20.4 Å². The van der Waals surface area contributed by atoms with Crippen molar-refractivity contribution in [3.63, 3.8) is 0 Å². The van der Waals surface area contributed by atoms with Crippen LogP contribution in [0.3, 0.4) is 0 Å². The van der Waals surface area contributed by atoms with Gasteiger partial charge < -0.3 is 19.7 Å². The van der Waals surface area contributed by atoms with Gasteiger partial charge >= 0.3 is 0 Å². The largest absolute Gasteiger partial charge is 0.493 e. The maximum absolute atomic E-state index is 6.15. The van der Waals surface area contributed by atoms with Gasteiger partial charge in [0.15, 0.2) is 11.5 Å². The lowest BCUT2D eigenvalue weighted by atomic mass is 10.1. The minimum Gasteiger partial charge on any atom is -0.493 e. The minimum absolute atomic E-state index is 0.666. The average Bonchev–Trinajstić information content (AvgIpc) is 3.52. The van der Waals surface area contributed by atoms with Gasteiger partial charge in [-0.2, -0.15) is 0 Å². The molecule has 0 radical (unpaired) electrons. The number of hydrogen-bond donors (Lipinski definition) is 1. The predicted molar refractivity (Wildman–Crippen MR) is 157 cm³/mol. The molecule has 0 saturated carbocycles. The van der Waals surface area contributed by atoms with Crippen LogP contribution < -0.4 is 19.7 Å². The molecule has 0 aliphatic carbocycles. The first-order valence-electron chi connectivity index (χ1n) is 12.9. The maximum Gasteiger partial charge on any atom is 0.226 e. The molecule has 3 aromatic carbocycles. The topological polar surface area (TPSA) is 72.4 Å². The first-order chi connectivity index (χ1) is 19.1. The van der Waals surface area contributed by atoms with Crippen molar-refractivity contribution in [2.24, 2.45) is 0 Å². The number of anilines is 3. The van der Waals surface area contributed by atoms with Gasteiger partial charge in [-0.3, -0.25) is 4.98 Å². The number of rotatable bonds is 7. The Kier molecular flexibility index (Phi) is 6.90. The van der Waals surface area contributed by atoms with Crippen molar-refractivity contribution in [2.75, 3.05) is 37.5 Å². The van der Waals surface area contributed by atoms with Gasteiger partial charge in [0.25, 0.3) is 0 Å². The third-order valence-electron chi connectivity index (χ3n) is 6.95. The molecular weight excluding hydrogens is 510 g/mol. The zero-order valence-electron chi connectivity index (χ0n) is 21.8. The van der Waals surface area contributed by atoms with E-state index in [9.17, 15) is 0 Å². The second kappa shape index (κ2) is 10.8. The molecule has 2 aromatic heterocycles. The van der Waals surface area contributed by atoms with Crippen LogP contribution in [0.2, 0.25) is 5.02 Å². The van der Waals surface area contributed by atoms with Crippen molar-refractivity contribution in [3.8, 4) is 34.0 Å². The van der Waals surface area contributed by atoms with Crippen LogP contribution in [-0.4, -0.2) is 42.3 Å². The fourth-order valence-electron chi connectivity index (χ4n) is 4.89. The van der Waals surface area contributed by atoms with E-state index < -0.39 is 0 Å². The molecule has 0 unspecified atom stereocenters. The van der Waals surface area contributed by atoms with E-state index in [2.05, 4.69) is 39.5 Å². The van der Waals surface area contributed by atoms with Gasteiger partial charge in [-0.15, -0.1) is 0 Å². The lowest BCUT2D eigenvalue weighted by molar-refractivity contribution is 0.355. The molecule has 5 aromatic rings. The second-order valence-electron chi connectivity index (χ2n) is 9.42. The van der Waals surface area contributed by atoms with E-state index in [1.807, 2.05) is 48.5 Å². The van der Waals surface area contributed by atoms with E-state index in [0.29, 0.717) is 16.5 Å². The van der Waals surface area contributed by atoms with Crippen LogP contribution in [-0.2, 0) is 0 Å². The maximum atomic E-state index is 6.15. The van der Waals surface area contributed by atoms with Crippen LogP contribution in [0.1, 0.15) is 12.8 Å². The molecule has 1 fully saturated rings. The summed E-state index contributed by atoms with van der Waals surface area (Å²) in [5, 5.41) is 5.19. The second-order valence-corrected chi connectivity index (χ2v) is 9.86. The first kappa shape index (κ1) is 24.9. The highest BCUT2D eigenvalue weighted by Gasteiger charge is 2.18. The summed E-state index contributed by atoms with van der Waals surface area (Å²) in [6.45, 7) is 1.92. The van der Waals surface area contributed by atoms with Gasteiger partial charge in [-0.25, -0.2) is 9.97 Å². The quantitative estimate of drug-likeness (QED) is 0.232. The number of pyridine rings is 1. The van der Waals surface area contributed by atoms with Gasteiger partial charge in [0.2, 0.25) is 5.95 Å². The third-order valence-corrected chi connectivity index (χ3v) is 7.18. The van der Waals surface area contributed by atoms with E-state index in [4.69, 9.17) is 31.0 Å². The van der Waals surface area contributed by atoms with Crippen molar-refractivity contribution < 1.29 is 9.47 Å². The standard InChI is InChI=1S/C31H28ClN5O2/c1-38-29-12-7-21(17-30(29)39-2)27-19-26(35-31(36-27)37-15-3-4-16-37)20-5-9-23(10-6-20)34-25-13-14-33-28-18-22(32)8-11-24(25)28/h5-14,17-19H,3-4,15-16H2,1-2H3,(H,33,34). The molecule has 1 aliphatic rings. The van der Waals surface area contributed by atoms with E-state index >= 15 is 0 Å². The zero-order valence-corrected chi connectivity index (χ0v) is 22.6. The van der Waals surface area contributed by atoms with E-state index in [0.717, 1.165) is 76.7 Å². The summed E-state index contributed by atoms with van der Waals surface area (Å²) < 4.78 is 11.0. The Hall–Kier alpha value is -4.36. The molecule has 6 rings (SSSR count). The van der Waals surface area contributed by atoms with Crippen molar-refractivity contribution in [3.05, 3.63) is 84.0 Å². The molecule has 0 bridgehead atoms. The number of nitrogens with one attached hydrogen (secondary N) is 1. The number of benzene rings is 3. The average molecular weight is 538 g/mol. The van der Waals surface area contributed by atoms with Crippen LogP contribution in [0.4, 0.5) is 17.3 Å². The van der Waals surface area contributed by atoms with Gasteiger partial charge in [0, 0.05) is 52.2 Å². The van der Waals surface area contributed by atoms with Crippen molar-refractivity contribution >= 4 is 39.8 Å². The Balaban J connectivity index is 1.34. The molecule has 0 amide bonds. The number of fused-ring (bicyclic) bond motifs is 1. The predicted octanol–water partition coefficient (Wildman–Crippen LogP) is 7.37. The highest BCUT2D eigenvalue weighted by Crippen LogP contribution is 2.34. The molecule has 1 N–H and O–H groups in total. The lowest BCUT2D eigenvalue weighted by Crippen LogP contribution is -2.20. The summed E-state index contributed by atoms with van der Waals surface area (Å²) in [5.74, 6) is 2.10. The molecule has 3 heterocycles. The zero-order chi connectivity index (χ0) is 26.8. The van der Waals surface area contributed by atoms with E-state index in [1.165, 1.54) is 0 Å². The Bertz CT molecular complexity index is 1640. The number of aromatic nitrogens is 3. The summed E-state index contributed by atoms with van der Waals surface area (Å²) in [6, 6.07) is 23.9. The van der Waals surface area contributed by atoms with Crippen molar-refractivity contribution in [1.29, 1.82) is 0 Å². The SMILES string of the molecule is COc1ccc(-c2cc(-c3ccc(Nc4ccnc5cc(Cl)ccc45)cc3)nc(N3CCCC3)n2)cc1OC. The van der Waals surface area contributed by atoms with Crippen molar-refractivity contribution in [1.82, 2.24) is 15.0 Å². The van der Waals surface area contributed by atoms with Crippen LogP contribution in [0.25, 0.3) is 33.4 Å². The number of ether oxygens (including phenoxy) is 2. The van der Waals surface area contributed by atoms with Gasteiger partial charge in [-0.1, -0.05) is 23.7 Å². The molecule has 0 atom stereocenters. The molecule has 1 aliphatic heterocycles. The summed E-state index contributed by atoms with van der Waals surface area (Å²) in [7, 11) is 3.28. The molecule has 0 spiro atoms. The normalized spacial score (nSPS) is 13.1. The number of halogens is 1. The minimum atomic E-state index is 0.666. The molecule has 7 nitrogen and oxygen atoms in total. The Morgan fingerprint density at radius 2 is 1.49 bits per heavy atom. The highest BCUT2D eigenvalue weighted by atomic mass is 35.5. The molecule has 39 heavy (non-hydrogen) atoms. The summed E-state index contributed by atoms with van der Waals surface area (Å²) >= 11 is 6.15. The van der Waals surface area contributed by atoms with Crippen LogP contribution in [0.5, 0.6) is 11.5 Å². The van der Waals surface area contributed by atoms with Gasteiger partial charge in [-0.05, 0) is 73.5 Å². The lowest BCUT2D eigenvalue weighted by Gasteiger charge is -2.18. The fraction of sp³-hybridized carbons (Fsp3) is 0.194. The summed E-state index contributed by atoms with van der Waals surface area (Å²) in [4.78, 5) is 16.6. The Labute approximate surface area is 232 Å². The van der Waals surface area contributed by atoms with Crippen LogP contribution >= 0.6 is 11.6 Å². The monoisotopic (exact) mass is 537 g/mol. The summed E-state index contributed by atoms with van der Waals surface area (Å²) in [6.07, 6.45) is 4.08. The number of hydrogen-bond acceptors (Lipinski definition) is 7. The molecule has 1 saturated heterocycles. The number of nitrogens with zero attached hydrogens (tertiary/aromatic N) is 4. The van der Waals surface area contributed by atoms with E-state index in [-0.39, 0.29) is 0 Å². The third kappa shape index (κ3) is 5.18.